The van der Waals surface area contributed by atoms with Crippen molar-refractivity contribution in [2.75, 3.05) is 24.7 Å². The van der Waals surface area contributed by atoms with E-state index in [1.54, 1.807) is 21.9 Å². The maximum atomic E-state index is 14.8. The molecule has 1 N–H and O–H groups in total. The number of carbonyl (C=O) groups is 3. The van der Waals surface area contributed by atoms with Gasteiger partial charge >= 0.3 is 5.97 Å². The molecule has 1 unspecified atom stereocenters. The topological polar surface area (TPSA) is 87.1 Å². The van der Waals surface area contributed by atoms with Crippen LogP contribution in [-0.2, 0) is 25.5 Å². The lowest BCUT2D eigenvalue weighted by Crippen LogP contribution is -2.57. The number of thioether (sulfide) groups is 1. The molecule has 0 radical (unpaired) electrons. The number of halogens is 1. The van der Waals surface area contributed by atoms with Gasteiger partial charge in [0, 0.05) is 11.3 Å². The molecule has 7 nitrogen and oxygen atoms in total. The van der Waals surface area contributed by atoms with Crippen molar-refractivity contribution in [3.63, 3.8) is 0 Å². The van der Waals surface area contributed by atoms with Crippen molar-refractivity contribution in [2.45, 2.75) is 54.2 Å². The highest BCUT2D eigenvalue weighted by Gasteiger charge is 2.74. The number of para-hydroxylation sites is 1. The van der Waals surface area contributed by atoms with Crippen LogP contribution in [0.4, 0.5) is 5.69 Å². The van der Waals surface area contributed by atoms with Crippen LogP contribution >= 0.6 is 23.4 Å². The Hall–Kier alpha value is -3.07. The molecule has 0 saturated carbocycles. The van der Waals surface area contributed by atoms with Gasteiger partial charge in [-0.15, -0.1) is 11.8 Å². The number of ether oxygens (including phenoxy) is 1. The summed E-state index contributed by atoms with van der Waals surface area (Å²) in [5, 5.41) is 11.1. The third-order valence-corrected chi connectivity index (χ3v) is 11.1. The summed E-state index contributed by atoms with van der Waals surface area (Å²) in [6.07, 6.45) is 10.9. The molecule has 0 aromatic heterocycles. The molecule has 2 saturated heterocycles. The van der Waals surface area contributed by atoms with Crippen LogP contribution in [0.5, 0.6) is 0 Å². The number of aliphatic hydroxyl groups excluding tert-OH is 1. The van der Waals surface area contributed by atoms with Crippen molar-refractivity contribution in [3.8, 4) is 0 Å². The van der Waals surface area contributed by atoms with Crippen LogP contribution in [0.15, 0.2) is 78.9 Å². The maximum Gasteiger partial charge on any atom is 0.311 e. The van der Waals surface area contributed by atoms with Crippen LogP contribution in [-0.4, -0.2) is 69.1 Å². The molecule has 1 spiro atoms. The van der Waals surface area contributed by atoms with Crippen LogP contribution in [0.1, 0.15) is 31.7 Å². The molecule has 6 atom stereocenters. The number of nitrogens with zero attached hydrogens (tertiary/aromatic N) is 2. The monoisotopic (exact) mass is 606 g/mol. The summed E-state index contributed by atoms with van der Waals surface area (Å²) >= 11 is 8.09. The van der Waals surface area contributed by atoms with Gasteiger partial charge in [-0.1, -0.05) is 78.4 Å². The number of aliphatic hydroxyl groups is 1. The van der Waals surface area contributed by atoms with Crippen LogP contribution in [0.3, 0.4) is 0 Å². The zero-order valence-corrected chi connectivity index (χ0v) is 25.1. The third-order valence-electron chi connectivity index (χ3n) is 9.00. The lowest BCUT2D eigenvalue weighted by Gasteiger charge is -2.40. The smallest absolute Gasteiger partial charge is 0.311 e. The van der Waals surface area contributed by atoms with Crippen LogP contribution in [0.2, 0.25) is 5.02 Å². The predicted octanol–water partition coefficient (Wildman–Crippen LogP) is 4.82. The van der Waals surface area contributed by atoms with Gasteiger partial charge in [-0.05, 0) is 50.3 Å². The molecule has 2 aromatic carbocycles. The van der Waals surface area contributed by atoms with Crippen molar-refractivity contribution in [3.05, 3.63) is 89.5 Å². The minimum absolute atomic E-state index is 0.264. The first-order valence-electron chi connectivity index (χ1n) is 14.6. The number of hydrogen-bond acceptors (Lipinski definition) is 6. The van der Waals surface area contributed by atoms with Crippen molar-refractivity contribution in [1.82, 2.24) is 4.90 Å². The second-order valence-electron chi connectivity index (χ2n) is 11.6. The molecule has 2 amide bonds. The van der Waals surface area contributed by atoms with Crippen LogP contribution < -0.4 is 4.90 Å². The summed E-state index contributed by atoms with van der Waals surface area (Å²) in [6.45, 7) is 2.21. The fourth-order valence-electron chi connectivity index (χ4n) is 7.15. The first-order chi connectivity index (χ1) is 20.3. The Morgan fingerprint density at radius 1 is 1.00 bits per heavy atom. The van der Waals surface area contributed by atoms with E-state index in [2.05, 4.69) is 6.08 Å². The lowest BCUT2D eigenvalue weighted by molar-refractivity contribution is -0.154. The maximum absolute atomic E-state index is 14.8. The minimum atomic E-state index is -1.05. The van der Waals surface area contributed by atoms with Gasteiger partial charge in [-0.3, -0.25) is 14.4 Å². The number of amides is 2. The number of rotatable bonds is 5. The second-order valence-corrected chi connectivity index (χ2v) is 13.8. The van der Waals surface area contributed by atoms with Crippen molar-refractivity contribution in [2.24, 2.45) is 11.8 Å². The largest absolute Gasteiger partial charge is 0.465 e. The van der Waals surface area contributed by atoms with Gasteiger partial charge in [0.05, 0.1) is 46.5 Å². The number of esters is 1. The quantitative estimate of drug-likeness (QED) is 0.388. The molecule has 0 bridgehead atoms. The minimum Gasteiger partial charge on any atom is -0.465 e. The Morgan fingerprint density at radius 3 is 2.52 bits per heavy atom. The van der Waals surface area contributed by atoms with E-state index in [0.717, 1.165) is 24.8 Å². The Bertz CT molecular complexity index is 1430. The summed E-state index contributed by atoms with van der Waals surface area (Å²) < 4.78 is 3.95. The molecular weight excluding hydrogens is 572 g/mol. The Kier molecular flexibility index (Phi) is 7.98. The highest BCUT2D eigenvalue weighted by molar-refractivity contribution is 8.02. The Balaban J connectivity index is 1.51. The van der Waals surface area contributed by atoms with Gasteiger partial charge in [0.15, 0.2) is 0 Å². The fourth-order valence-corrected chi connectivity index (χ4v) is 9.53. The molecule has 2 fully saturated rings. The number of benzene rings is 2. The first kappa shape index (κ1) is 29.0. The van der Waals surface area contributed by atoms with Crippen molar-refractivity contribution >= 4 is 46.8 Å². The van der Waals surface area contributed by atoms with Crippen molar-refractivity contribution in [1.29, 1.82) is 0 Å². The predicted molar refractivity (Wildman–Crippen MR) is 164 cm³/mol. The summed E-state index contributed by atoms with van der Waals surface area (Å²) in [5.41, 5.74) is 1.49. The SMILES string of the molecule is C[C@]12/C=C\CCCCOC(=O)[C@H]1[C@H]1C(=O)N([C@@H](CO)Cc3ccccc3)C3C(=O)N(c4ccccc4Cl)CC=C[C@@]31S2. The number of allylic oxidation sites excluding steroid dienone is 1. The number of cyclic esters (lactones) is 1. The van der Waals surface area contributed by atoms with E-state index in [9.17, 15) is 19.5 Å². The zero-order chi connectivity index (χ0) is 29.5. The molecule has 4 aliphatic heterocycles. The number of anilines is 1. The Labute approximate surface area is 255 Å². The van der Waals surface area contributed by atoms with E-state index in [4.69, 9.17) is 16.3 Å². The highest BCUT2D eigenvalue weighted by Crippen LogP contribution is 2.65. The summed E-state index contributed by atoms with van der Waals surface area (Å²) in [7, 11) is 0. The summed E-state index contributed by atoms with van der Waals surface area (Å²) in [5.74, 6) is -2.64. The standard InChI is InChI=1S/C33H35ClN2O5S/c1-32-16-9-2-3-10-19-41-31(40)27(32)26-29(38)36(23(21-37)20-22-12-5-4-6-13-22)28-30(39)35(18-11-17-33(26,28)42-32)25-15-8-7-14-24(25)34/h4-9,11-17,23,26-28,37H,2-3,10,18-21H2,1H3/b16-9-/t23-,26+,27-,28?,32+,33+/m1/s1. The molecule has 2 aromatic rings. The van der Waals surface area contributed by atoms with E-state index in [1.165, 1.54) is 11.8 Å². The number of hydrogen-bond donors (Lipinski definition) is 1. The number of fused-ring (bicyclic) bond motifs is 2. The molecule has 4 heterocycles. The highest BCUT2D eigenvalue weighted by atomic mass is 35.5. The van der Waals surface area contributed by atoms with E-state index in [1.807, 2.05) is 67.6 Å². The molecule has 6 rings (SSSR count). The van der Waals surface area contributed by atoms with E-state index in [0.29, 0.717) is 23.7 Å². The van der Waals surface area contributed by atoms with E-state index in [-0.39, 0.29) is 25.0 Å². The lowest BCUT2D eigenvalue weighted by atomic mass is 9.74. The van der Waals surface area contributed by atoms with Crippen LogP contribution in [0, 0.1) is 11.8 Å². The zero-order valence-electron chi connectivity index (χ0n) is 23.5. The van der Waals surface area contributed by atoms with Gasteiger partial charge in [-0.25, -0.2) is 0 Å². The average molecular weight is 607 g/mol. The van der Waals surface area contributed by atoms with Gasteiger partial charge in [0.25, 0.3) is 5.91 Å². The van der Waals surface area contributed by atoms with Crippen LogP contribution in [0.25, 0.3) is 0 Å². The van der Waals surface area contributed by atoms with Gasteiger partial charge in [0.1, 0.15) is 6.04 Å². The summed E-state index contributed by atoms with van der Waals surface area (Å²) in [4.78, 5) is 46.5. The third kappa shape index (κ3) is 4.77. The molecule has 9 heteroatoms. The first-order valence-corrected chi connectivity index (χ1v) is 15.8. The normalized spacial score (nSPS) is 32.5. The van der Waals surface area contributed by atoms with Crippen molar-refractivity contribution < 1.29 is 24.2 Å². The average Bonchev–Trinajstić information content (AvgIpc) is 3.32. The van der Waals surface area contributed by atoms with Gasteiger partial charge in [-0.2, -0.15) is 0 Å². The molecule has 4 aliphatic rings. The fraction of sp³-hybridized carbons (Fsp3) is 0.424. The molecule has 42 heavy (non-hydrogen) atoms. The molecule has 220 valence electrons. The summed E-state index contributed by atoms with van der Waals surface area (Å²) in [6, 6.07) is 15.1. The molecular formula is C33H35ClN2O5S. The van der Waals surface area contributed by atoms with E-state index < -0.39 is 39.4 Å². The second kappa shape index (κ2) is 11.5. The Morgan fingerprint density at radius 2 is 1.76 bits per heavy atom. The van der Waals surface area contributed by atoms with Gasteiger partial charge < -0.3 is 19.6 Å². The number of carbonyl (C=O) groups excluding carboxylic acids is 3. The van der Waals surface area contributed by atoms with Gasteiger partial charge in [0.2, 0.25) is 5.91 Å². The number of likely N-dealkylation sites (tertiary alicyclic amines) is 1. The molecule has 0 aliphatic carbocycles. The van der Waals surface area contributed by atoms with E-state index >= 15 is 0 Å².